The number of thiophene rings is 2. The van der Waals surface area contributed by atoms with Crippen LogP contribution in [0.5, 0.6) is 5.75 Å². The Morgan fingerprint density at radius 2 is 1.69 bits per heavy atom. The number of aromatic hydroxyl groups is 1. The topological polar surface area (TPSA) is 155 Å². The van der Waals surface area contributed by atoms with Crippen molar-refractivity contribution in [3.05, 3.63) is 106 Å². The predicted molar refractivity (Wildman–Crippen MR) is 250 cm³/mol. The van der Waals surface area contributed by atoms with Crippen LogP contribution in [-0.4, -0.2) is 81.7 Å². The van der Waals surface area contributed by atoms with Crippen molar-refractivity contribution in [1.82, 2.24) is 30.2 Å². The molecule has 4 aromatic heterocycles. The number of nitrogens with zero attached hydrogens (tertiary/aromatic N) is 4. The SMILES string of the molecule is CC(C)(C)[Si](C)(C)O[C@@H](CNCc1cc2nnn(CCCN3CCC(OC(=O)C(O)(c4ccc(Cl)s4)c4ccc(Cl)s4)CC3)c2c2c1CCC2)c1ccc(O)c2[nH]c(=O)ccc12. The van der Waals surface area contributed by atoms with E-state index >= 15 is 0 Å². The maximum Gasteiger partial charge on any atom is 0.349 e. The van der Waals surface area contributed by atoms with Crippen LogP contribution in [0.4, 0.5) is 0 Å². The first-order valence-electron chi connectivity index (χ1n) is 21.3. The minimum atomic E-state index is -2.23. The first-order valence-corrected chi connectivity index (χ1v) is 26.6. The third-order valence-corrected chi connectivity index (χ3v) is 20.1. The number of aryl methyl sites for hydroxylation is 2. The molecule has 17 heteroatoms. The molecule has 0 saturated carbocycles. The summed E-state index contributed by atoms with van der Waals surface area (Å²) in [5.41, 5.74) is 5.07. The number of aromatic nitrogens is 4. The van der Waals surface area contributed by atoms with E-state index in [4.69, 9.17) is 32.4 Å². The van der Waals surface area contributed by atoms with Crippen molar-refractivity contribution in [2.45, 2.75) is 108 Å². The Labute approximate surface area is 380 Å². The number of H-pyrrole nitrogens is 1. The Morgan fingerprint density at radius 1 is 1.00 bits per heavy atom. The highest BCUT2D eigenvalue weighted by Gasteiger charge is 2.46. The number of aliphatic hydroxyl groups is 1. The molecule has 8 rings (SSSR count). The molecule has 2 aromatic carbocycles. The van der Waals surface area contributed by atoms with E-state index in [1.54, 1.807) is 36.4 Å². The highest BCUT2D eigenvalue weighted by Crippen LogP contribution is 2.43. The Hall–Kier alpha value is -3.64. The van der Waals surface area contributed by atoms with Crippen molar-refractivity contribution >= 4 is 82.1 Å². The van der Waals surface area contributed by atoms with E-state index in [0.717, 1.165) is 96.5 Å². The molecule has 0 unspecified atom stereocenters. The smallest absolute Gasteiger partial charge is 0.349 e. The summed E-state index contributed by atoms with van der Waals surface area (Å²) in [4.78, 5) is 31.8. The number of esters is 1. The normalized spacial score (nSPS) is 16.1. The van der Waals surface area contributed by atoms with Gasteiger partial charge in [0.25, 0.3) is 0 Å². The summed E-state index contributed by atoms with van der Waals surface area (Å²) in [5.74, 6) is -0.675. The van der Waals surface area contributed by atoms with Crippen molar-refractivity contribution in [2.24, 2.45) is 0 Å². The highest BCUT2D eigenvalue weighted by molar-refractivity contribution is 7.18. The van der Waals surface area contributed by atoms with E-state index in [0.29, 0.717) is 49.9 Å². The van der Waals surface area contributed by atoms with Crippen LogP contribution in [0.15, 0.2) is 59.4 Å². The van der Waals surface area contributed by atoms with Gasteiger partial charge in [0.2, 0.25) is 11.2 Å². The van der Waals surface area contributed by atoms with Crippen LogP contribution in [0.2, 0.25) is 26.8 Å². The lowest BCUT2D eigenvalue weighted by molar-refractivity contribution is -0.169. The van der Waals surface area contributed by atoms with Crippen LogP contribution in [-0.2, 0) is 45.5 Å². The first kappa shape index (κ1) is 44.9. The second kappa shape index (κ2) is 18.1. The highest BCUT2D eigenvalue weighted by atomic mass is 35.5. The average molecular weight is 938 g/mol. The van der Waals surface area contributed by atoms with E-state index in [1.165, 1.54) is 22.8 Å². The summed E-state index contributed by atoms with van der Waals surface area (Å²) < 4.78 is 16.0. The monoisotopic (exact) mass is 936 g/mol. The lowest BCUT2D eigenvalue weighted by Gasteiger charge is -2.39. The lowest BCUT2D eigenvalue weighted by atomic mass is 9.99. The van der Waals surface area contributed by atoms with Crippen molar-refractivity contribution in [3.8, 4) is 5.75 Å². The molecule has 6 aromatic rings. The van der Waals surface area contributed by atoms with E-state index in [1.807, 2.05) is 6.07 Å². The number of carbonyl (C=O) groups excluding carboxylic acids is 1. The summed E-state index contributed by atoms with van der Waals surface area (Å²) in [6.07, 6.45) is 4.70. The number of likely N-dealkylation sites (tertiary alicyclic amines) is 1. The molecule has 1 atom stereocenters. The van der Waals surface area contributed by atoms with Gasteiger partial charge in [0.05, 0.1) is 35.6 Å². The van der Waals surface area contributed by atoms with Crippen LogP contribution < -0.4 is 10.9 Å². The number of piperidine rings is 1. The van der Waals surface area contributed by atoms with Gasteiger partial charge in [-0.15, -0.1) is 27.8 Å². The minimum absolute atomic E-state index is 0.0198. The molecule has 1 saturated heterocycles. The van der Waals surface area contributed by atoms with Gasteiger partial charge in [0, 0.05) is 44.2 Å². The number of aromatic amines is 1. The molecule has 330 valence electrons. The summed E-state index contributed by atoms with van der Waals surface area (Å²) in [6, 6.07) is 15.6. The van der Waals surface area contributed by atoms with Crippen LogP contribution in [0.1, 0.15) is 84.6 Å². The van der Waals surface area contributed by atoms with Gasteiger partial charge in [0.15, 0.2) is 8.32 Å². The summed E-state index contributed by atoms with van der Waals surface area (Å²) in [6.45, 7) is 15.5. The lowest BCUT2D eigenvalue weighted by Crippen LogP contribution is -2.43. The number of phenolic OH excluding ortho intramolecular Hbond substituents is 1. The molecule has 12 nitrogen and oxygen atoms in total. The van der Waals surface area contributed by atoms with E-state index < -0.39 is 19.9 Å². The second-order valence-electron chi connectivity index (χ2n) is 18.0. The maximum atomic E-state index is 13.6. The van der Waals surface area contributed by atoms with Gasteiger partial charge < -0.3 is 34.6 Å². The Kier molecular flexibility index (Phi) is 13.1. The number of benzene rings is 2. The number of halogens is 2. The van der Waals surface area contributed by atoms with E-state index in [2.05, 4.69) is 70.1 Å². The zero-order chi connectivity index (χ0) is 44.0. The molecule has 1 aliphatic heterocycles. The van der Waals surface area contributed by atoms with Gasteiger partial charge >= 0.3 is 5.97 Å². The third-order valence-electron chi connectivity index (χ3n) is 12.9. The number of fused-ring (bicyclic) bond motifs is 4. The van der Waals surface area contributed by atoms with Crippen LogP contribution in [0, 0.1) is 0 Å². The number of hydrogen-bond donors (Lipinski definition) is 4. The van der Waals surface area contributed by atoms with Crippen molar-refractivity contribution in [3.63, 3.8) is 0 Å². The molecule has 5 heterocycles. The fourth-order valence-corrected chi connectivity index (χ4v) is 12.2. The minimum Gasteiger partial charge on any atom is -0.506 e. The Morgan fingerprint density at radius 3 is 2.35 bits per heavy atom. The van der Waals surface area contributed by atoms with Gasteiger partial charge in [-0.1, -0.05) is 55.3 Å². The fraction of sp³-hybridized carbons (Fsp3) is 0.467. The van der Waals surface area contributed by atoms with E-state index in [9.17, 15) is 19.8 Å². The van der Waals surface area contributed by atoms with Crippen LogP contribution >= 0.6 is 45.9 Å². The third kappa shape index (κ3) is 9.15. The Balaban J connectivity index is 0.895. The quantitative estimate of drug-likeness (QED) is 0.0579. The molecule has 4 N–H and O–H groups in total. The zero-order valence-electron chi connectivity index (χ0n) is 35.7. The van der Waals surface area contributed by atoms with Gasteiger partial charge in [-0.05, 0) is 128 Å². The van der Waals surface area contributed by atoms with Crippen LogP contribution in [0.25, 0.3) is 21.9 Å². The second-order valence-corrected chi connectivity index (χ2v) is 26.2. The van der Waals surface area contributed by atoms with Crippen molar-refractivity contribution in [1.29, 1.82) is 0 Å². The standard InChI is InChI=1S/C45H54Cl2N6O6S2Si/c1-44(2,3)62(4,5)59-35(30-10-12-34(54)41-31(30)11-17-40(55)49-41)26-48-25-27-24-33-42(32-9-6-8-29(27)32)53(51-50-33)21-7-20-52-22-18-28(19-23-52)58-43(56)45(57,36-13-15-38(46)60-36)37-14-16-39(47)61-37/h10-17,24,28,35,48,54,57H,6-9,18-23,25-26H2,1-5H3,(H,49,55)/t35-/m0/s1. The number of carbonyl (C=O) groups is 1. The molecule has 0 bridgehead atoms. The number of ether oxygens (including phenoxy) is 1. The summed E-state index contributed by atoms with van der Waals surface area (Å²) in [5, 5.41) is 36.2. The van der Waals surface area contributed by atoms with Crippen molar-refractivity contribution in [2.75, 3.05) is 26.2 Å². The molecule has 1 fully saturated rings. The predicted octanol–water partition coefficient (Wildman–Crippen LogP) is 9.08. The summed E-state index contributed by atoms with van der Waals surface area (Å²) >= 11 is 14.7. The van der Waals surface area contributed by atoms with Gasteiger partial charge in [-0.3, -0.25) is 4.79 Å². The maximum absolute atomic E-state index is 13.6. The molecule has 0 radical (unpaired) electrons. The fourth-order valence-electron chi connectivity index (χ4n) is 8.56. The van der Waals surface area contributed by atoms with Gasteiger partial charge in [-0.2, -0.15) is 0 Å². The number of pyridine rings is 1. The zero-order valence-corrected chi connectivity index (χ0v) is 39.9. The van der Waals surface area contributed by atoms with Crippen molar-refractivity contribution < 1.29 is 24.2 Å². The van der Waals surface area contributed by atoms with Crippen LogP contribution in [0.3, 0.4) is 0 Å². The largest absolute Gasteiger partial charge is 0.506 e. The van der Waals surface area contributed by atoms with E-state index in [-0.39, 0.29) is 28.6 Å². The number of rotatable bonds is 15. The molecule has 0 spiro atoms. The first-order chi connectivity index (χ1) is 29.5. The average Bonchev–Trinajstić information content (AvgIpc) is 4.06. The Bertz CT molecular complexity index is 2610. The molecular formula is C45H54Cl2N6O6S2Si. The van der Waals surface area contributed by atoms with Gasteiger partial charge in [-0.25, -0.2) is 9.48 Å². The molecule has 2 aliphatic rings. The molecule has 0 amide bonds. The molecule has 1 aliphatic carbocycles. The molecular weight excluding hydrogens is 884 g/mol. The number of hydrogen-bond acceptors (Lipinski definition) is 12. The summed E-state index contributed by atoms with van der Waals surface area (Å²) in [7, 11) is -2.23. The van der Waals surface area contributed by atoms with Gasteiger partial charge in [0.1, 0.15) is 17.4 Å². The number of nitrogens with one attached hydrogen (secondary N) is 2. The number of phenols is 1. The molecule has 62 heavy (non-hydrogen) atoms.